The summed E-state index contributed by atoms with van der Waals surface area (Å²) in [6, 6.07) is 22.3. The van der Waals surface area contributed by atoms with E-state index < -0.39 is 11.2 Å². The Kier molecular flexibility index (Phi) is 16.1. The number of hydrogen-bond donors (Lipinski definition) is 0. The summed E-state index contributed by atoms with van der Waals surface area (Å²) in [5, 5.41) is 11.9. The van der Waals surface area contributed by atoms with E-state index in [0.717, 1.165) is 69.0 Å². The molecule has 2 atom stereocenters. The van der Waals surface area contributed by atoms with Crippen molar-refractivity contribution in [2.24, 2.45) is 11.8 Å². The second-order valence-corrected chi connectivity index (χ2v) is 24.6. The molecule has 10 rings (SSSR count). The van der Waals surface area contributed by atoms with Crippen LogP contribution in [0.4, 0.5) is 18.4 Å². The first kappa shape index (κ1) is 54.9. The van der Waals surface area contributed by atoms with E-state index in [9.17, 15) is 18.4 Å². The Bertz CT molecular complexity index is 2960. The molecule has 2 saturated heterocycles. The van der Waals surface area contributed by atoms with Gasteiger partial charge in [-0.25, -0.2) is 18.4 Å². The van der Waals surface area contributed by atoms with Crippen LogP contribution in [0.15, 0.2) is 85.2 Å². The fraction of sp³-hybridized carbons (Fsp3) is 0.548. The molecule has 4 aliphatic rings. The minimum atomic E-state index is -0.536. The normalized spacial score (nSPS) is 18.5. The van der Waals surface area contributed by atoms with E-state index in [-0.39, 0.29) is 46.9 Å². The van der Waals surface area contributed by atoms with Crippen molar-refractivity contribution in [1.82, 2.24) is 29.4 Å². The molecule has 2 amide bonds. The molecule has 408 valence electrons. The van der Waals surface area contributed by atoms with E-state index in [1.165, 1.54) is 61.1 Å². The Hall–Kier alpha value is -5.86. The first-order valence-corrected chi connectivity index (χ1v) is 27.7. The standard InChI is InChI=1S/2C31H40FN3O3/c1-21-16-24-18-33-35(19-23-6-7-23)28(24)27(17-21)22(2)37-20-31(25-8-10-26(32)11-9-25)12-14-34(15-13-31)29(36)38-30(3,4)5;1-21-16-24-19-35(18-23-6-7-23)33-28(24)27(17-21)22(2)37-20-31(25-8-10-26(32)11-9-25)12-14-34(15-13-31)29(36)38-30(3,4)5/h8-11,16-18,22-23H,6-7,12-15,19-20H2,1-5H3;8-11,16-17,19,22-23H,6-7,12-15,18,20H2,1-5H3. The van der Waals surface area contributed by atoms with Gasteiger partial charge in [-0.15, -0.1) is 0 Å². The molecule has 76 heavy (non-hydrogen) atoms. The lowest BCUT2D eigenvalue weighted by Gasteiger charge is -2.42. The van der Waals surface area contributed by atoms with E-state index in [0.29, 0.717) is 65.1 Å². The van der Waals surface area contributed by atoms with Gasteiger partial charge in [0.1, 0.15) is 22.8 Å². The van der Waals surface area contributed by atoms with Crippen molar-refractivity contribution in [3.05, 3.63) is 130 Å². The Labute approximate surface area is 448 Å². The van der Waals surface area contributed by atoms with E-state index in [1.807, 2.05) is 72.0 Å². The fourth-order valence-corrected chi connectivity index (χ4v) is 11.0. The summed E-state index contributed by atoms with van der Waals surface area (Å²) in [7, 11) is 0. The second-order valence-electron chi connectivity index (χ2n) is 24.6. The van der Waals surface area contributed by atoms with Gasteiger partial charge in [0.15, 0.2) is 0 Å². The van der Waals surface area contributed by atoms with Crippen molar-refractivity contribution in [2.45, 2.75) is 168 Å². The maximum absolute atomic E-state index is 13.8. The average Bonchev–Trinajstić information content (AvgIpc) is 4.30. The third-order valence-corrected chi connectivity index (χ3v) is 15.8. The SMILES string of the molecule is Cc1cc(C(C)OCC2(c3ccc(F)cc3)CCN(C(=O)OC(C)(C)C)CC2)c2c(cnn2CC2CC2)c1.Cc1cc(C(C)OCC2(c3ccc(F)cc3)CCN(C(=O)OC(C)(C)C)CC2)c2nn(CC3CC3)cc2c1. The van der Waals surface area contributed by atoms with Crippen LogP contribution in [0.3, 0.4) is 0 Å². The Morgan fingerprint density at radius 1 is 0.632 bits per heavy atom. The highest BCUT2D eigenvalue weighted by Gasteiger charge is 2.41. The number of fused-ring (bicyclic) bond motifs is 2. The molecule has 2 aliphatic carbocycles. The van der Waals surface area contributed by atoms with Gasteiger partial charge in [-0.2, -0.15) is 10.2 Å². The molecule has 4 heterocycles. The summed E-state index contributed by atoms with van der Waals surface area (Å²) in [6.07, 6.45) is 11.2. The maximum atomic E-state index is 13.8. The Balaban J connectivity index is 0.000000186. The highest BCUT2D eigenvalue weighted by Crippen LogP contribution is 2.42. The monoisotopic (exact) mass is 1040 g/mol. The zero-order chi connectivity index (χ0) is 54.2. The van der Waals surface area contributed by atoms with Gasteiger partial charge in [0.05, 0.1) is 42.7 Å². The molecule has 0 N–H and O–H groups in total. The molecule has 2 saturated carbocycles. The zero-order valence-electron chi connectivity index (χ0n) is 46.6. The number of ether oxygens (including phenoxy) is 4. The molecule has 4 fully saturated rings. The molecule has 12 nitrogen and oxygen atoms in total. The molecule has 0 spiro atoms. The first-order chi connectivity index (χ1) is 36.0. The lowest BCUT2D eigenvalue weighted by molar-refractivity contribution is -0.00962. The molecule has 0 radical (unpaired) electrons. The summed E-state index contributed by atoms with van der Waals surface area (Å²) in [5.74, 6) is 0.966. The number of aromatic nitrogens is 4. The van der Waals surface area contributed by atoms with Crippen LogP contribution >= 0.6 is 0 Å². The molecule has 2 unspecified atom stereocenters. The molecular weight excluding hydrogens is 963 g/mol. The van der Waals surface area contributed by atoms with Crippen LogP contribution in [-0.4, -0.2) is 92.1 Å². The minimum Gasteiger partial charge on any atom is -0.444 e. The highest BCUT2D eigenvalue weighted by molar-refractivity contribution is 5.84. The molecule has 0 bridgehead atoms. The van der Waals surface area contributed by atoms with Gasteiger partial charge in [0, 0.05) is 78.2 Å². The van der Waals surface area contributed by atoms with Crippen molar-refractivity contribution >= 4 is 34.0 Å². The minimum absolute atomic E-state index is 0.145. The number of halogens is 2. The number of aryl methyl sites for hydroxylation is 2. The van der Waals surface area contributed by atoms with Crippen molar-refractivity contribution in [2.75, 3.05) is 39.4 Å². The van der Waals surface area contributed by atoms with Crippen LogP contribution in [0.25, 0.3) is 21.8 Å². The summed E-state index contributed by atoms with van der Waals surface area (Å²) in [4.78, 5) is 29.0. The number of hydrogen-bond acceptors (Lipinski definition) is 8. The van der Waals surface area contributed by atoms with Crippen LogP contribution in [-0.2, 0) is 42.9 Å². The highest BCUT2D eigenvalue weighted by atomic mass is 19.1. The smallest absolute Gasteiger partial charge is 0.410 e. The first-order valence-electron chi connectivity index (χ1n) is 27.7. The average molecular weight is 1040 g/mol. The molecule has 6 aromatic rings. The summed E-state index contributed by atoms with van der Waals surface area (Å²) in [6.45, 7) is 24.8. The zero-order valence-corrected chi connectivity index (χ0v) is 46.6. The predicted molar refractivity (Wildman–Crippen MR) is 293 cm³/mol. The van der Waals surface area contributed by atoms with Gasteiger partial charge in [0.25, 0.3) is 0 Å². The maximum Gasteiger partial charge on any atom is 0.410 e. The van der Waals surface area contributed by atoms with Gasteiger partial charge in [-0.1, -0.05) is 36.4 Å². The number of carbonyl (C=O) groups is 2. The summed E-state index contributed by atoms with van der Waals surface area (Å²) >= 11 is 0. The van der Waals surface area contributed by atoms with Crippen LogP contribution in [0.5, 0.6) is 0 Å². The quantitative estimate of drug-likeness (QED) is 0.106. The fourth-order valence-electron chi connectivity index (χ4n) is 11.0. The van der Waals surface area contributed by atoms with Gasteiger partial charge in [-0.3, -0.25) is 9.36 Å². The van der Waals surface area contributed by atoms with E-state index in [1.54, 1.807) is 9.80 Å². The van der Waals surface area contributed by atoms with Gasteiger partial charge < -0.3 is 28.7 Å². The molecule has 2 aromatic heterocycles. The number of carbonyl (C=O) groups excluding carboxylic acids is 2. The number of likely N-dealkylation sites (tertiary alicyclic amines) is 2. The van der Waals surface area contributed by atoms with Crippen molar-refractivity contribution in [3.63, 3.8) is 0 Å². The largest absolute Gasteiger partial charge is 0.444 e. The topological polar surface area (TPSA) is 113 Å². The molecule has 14 heteroatoms. The van der Waals surface area contributed by atoms with E-state index in [2.05, 4.69) is 67.5 Å². The third-order valence-electron chi connectivity index (χ3n) is 15.8. The lowest BCUT2D eigenvalue weighted by Crippen LogP contribution is -2.48. The van der Waals surface area contributed by atoms with Crippen LogP contribution in [0, 0.1) is 37.3 Å². The number of piperidine rings is 2. The van der Waals surface area contributed by atoms with Crippen LogP contribution < -0.4 is 0 Å². The molecule has 4 aromatic carbocycles. The van der Waals surface area contributed by atoms with Crippen LogP contribution in [0.2, 0.25) is 0 Å². The number of benzene rings is 4. The third kappa shape index (κ3) is 13.4. The second kappa shape index (κ2) is 22.2. The van der Waals surface area contributed by atoms with Gasteiger partial charge >= 0.3 is 12.2 Å². The number of amides is 2. The van der Waals surface area contributed by atoms with E-state index in [4.69, 9.17) is 29.1 Å². The van der Waals surface area contributed by atoms with Gasteiger partial charge in [0.2, 0.25) is 0 Å². The molecular formula is C62H80F2N6O6. The van der Waals surface area contributed by atoms with Crippen molar-refractivity contribution in [3.8, 4) is 0 Å². The Morgan fingerprint density at radius 3 is 1.53 bits per heavy atom. The molecule has 2 aliphatic heterocycles. The predicted octanol–water partition coefficient (Wildman–Crippen LogP) is 13.9. The van der Waals surface area contributed by atoms with E-state index >= 15 is 0 Å². The summed E-state index contributed by atoms with van der Waals surface area (Å²) < 4.78 is 56.4. The van der Waals surface area contributed by atoms with Crippen molar-refractivity contribution < 1.29 is 37.3 Å². The van der Waals surface area contributed by atoms with Gasteiger partial charge in [-0.05, 0) is 191 Å². The Morgan fingerprint density at radius 2 is 1.07 bits per heavy atom. The number of nitrogens with zero attached hydrogens (tertiary/aromatic N) is 6. The lowest BCUT2D eigenvalue weighted by atomic mass is 9.73. The van der Waals surface area contributed by atoms with Crippen molar-refractivity contribution in [1.29, 1.82) is 0 Å². The number of rotatable bonds is 14. The van der Waals surface area contributed by atoms with Crippen LogP contribution in [0.1, 0.15) is 152 Å². The summed E-state index contributed by atoms with van der Waals surface area (Å²) in [5.41, 5.74) is 7.14.